The average molecular weight is 362 g/mol. The number of ether oxygens (including phenoxy) is 2. The highest BCUT2D eigenvalue weighted by atomic mass is 16.6. The van der Waals surface area contributed by atoms with Crippen LogP contribution in [0, 0.1) is 0 Å². The second-order valence-corrected chi connectivity index (χ2v) is 6.83. The first kappa shape index (κ1) is 19.3. The number of amides is 1. The van der Waals surface area contributed by atoms with Crippen molar-refractivity contribution in [3.8, 4) is 5.75 Å². The number of benzene rings is 1. The molecule has 1 amide bonds. The number of hydrogen-bond acceptors (Lipinski definition) is 5. The van der Waals surface area contributed by atoms with Crippen LogP contribution in [0.2, 0.25) is 0 Å². The molecule has 0 aliphatic carbocycles. The Bertz CT molecular complexity index is 834. The number of fused-ring (bicyclic) bond motifs is 1. The summed E-state index contributed by atoms with van der Waals surface area (Å²) in [7, 11) is 0. The molecule has 0 radical (unpaired) electrons. The highest BCUT2D eigenvalue weighted by Gasteiger charge is 2.25. The van der Waals surface area contributed by atoms with E-state index >= 15 is 0 Å². The van der Waals surface area contributed by atoms with Gasteiger partial charge in [0.25, 0.3) is 0 Å². The Morgan fingerprint density at radius 2 is 1.96 bits per heavy atom. The lowest BCUT2D eigenvalue weighted by molar-refractivity contribution is -0.139. The Morgan fingerprint density at radius 3 is 2.54 bits per heavy atom. The molecule has 26 heavy (non-hydrogen) atoms. The van der Waals surface area contributed by atoms with E-state index in [1.807, 2.05) is 0 Å². The van der Waals surface area contributed by atoms with E-state index in [4.69, 9.17) is 9.47 Å². The van der Waals surface area contributed by atoms with E-state index < -0.39 is 29.7 Å². The van der Waals surface area contributed by atoms with E-state index in [9.17, 15) is 19.5 Å². The molecule has 2 rings (SSSR count). The van der Waals surface area contributed by atoms with E-state index in [-0.39, 0.29) is 6.42 Å². The molecule has 3 N–H and O–H groups in total. The molecule has 8 heteroatoms. The molecule has 0 saturated carbocycles. The Balaban J connectivity index is 2.27. The number of carbonyl (C=O) groups is 3. The average Bonchev–Trinajstić information content (AvgIpc) is 2.88. The van der Waals surface area contributed by atoms with Crippen molar-refractivity contribution < 1.29 is 29.0 Å². The van der Waals surface area contributed by atoms with Gasteiger partial charge in [-0.25, -0.2) is 9.59 Å². The van der Waals surface area contributed by atoms with Gasteiger partial charge >= 0.3 is 18.0 Å². The van der Waals surface area contributed by atoms with E-state index in [1.165, 1.54) is 6.92 Å². The van der Waals surface area contributed by atoms with Crippen LogP contribution in [0.25, 0.3) is 10.9 Å². The summed E-state index contributed by atoms with van der Waals surface area (Å²) in [6.45, 7) is 6.35. The molecule has 0 bridgehead atoms. The first-order chi connectivity index (χ1) is 12.1. The number of rotatable bonds is 5. The molecule has 1 aromatic carbocycles. The fraction of sp³-hybridized carbons (Fsp3) is 0.389. The van der Waals surface area contributed by atoms with Crippen LogP contribution in [-0.2, 0) is 20.7 Å². The van der Waals surface area contributed by atoms with Crippen LogP contribution in [-0.4, -0.2) is 39.8 Å². The lowest BCUT2D eigenvalue weighted by Crippen LogP contribution is -2.44. The molecular weight excluding hydrogens is 340 g/mol. The van der Waals surface area contributed by atoms with Gasteiger partial charge in [0.2, 0.25) is 0 Å². The fourth-order valence-electron chi connectivity index (χ4n) is 2.49. The number of alkyl carbamates (subject to hydrolysis) is 1. The smallest absolute Gasteiger partial charge is 0.408 e. The van der Waals surface area contributed by atoms with Crippen molar-refractivity contribution in [3.63, 3.8) is 0 Å². The summed E-state index contributed by atoms with van der Waals surface area (Å²) in [4.78, 5) is 37.8. The van der Waals surface area contributed by atoms with Gasteiger partial charge in [0.05, 0.1) is 0 Å². The number of carboxylic acid groups (broad SMARTS) is 1. The number of aromatic nitrogens is 1. The number of esters is 1. The second kappa shape index (κ2) is 7.47. The molecule has 0 aliphatic heterocycles. The lowest BCUT2D eigenvalue weighted by atomic mass is 10.0. The molecule has 140 valence electrons. The Kier molecular flexibility index (Phi) is 5.54. The number of aliphatic carboxylic acids is 1. The minimum absolute atomic E-state index is 0.00709. The third-order valence-corrected chi connectivity index (χ3v) is 3.42. The van der Waals surface area contributed by atoms with Crippen LogP contribution in [0.1, 0.15) is 33.3 Å². The zero-order chi connectivity index (χ0) is 19.5. The molecule has 0 unspecified atom stereocenters. The van der Waals surface area contributed by atoms with Gasteiger partial charge in [-0.05, 0) is 38.5 Å². The lowest BCUT2D eigenvalue weighted by Gasteiger charge is -2.22. The second-order valence-electron chi connectivity index (χ2n) is 6.83. The van der Waals surface area contributed by atoms with E-state index in [2.05, 4.69) is 10.3 Å². The minimum atomic E-state index is -1.20. The van der Waals surface area contributed by atoms with Crippen LogP contribution in [0.15, 0.2) is 24.4 Å². The van der Waals surface area contributed by atoms with Gasteiger partial charge in [0.1, 0.15) is 17.4 Å². The summed E-state index contributed by atoms with van der Waals surface area (Å²) < 4.78 is 10.3. The molecule has 2 aromatic rings. The third-order valence-electron chi connectivity index (χ3n) is 3.42. The van der Waals surface area contributed by atoms with Gasteiger partial charge in [-0.1, -0.05) is 6.07 Å². The molecule has 0 fully saturated rings. The molecule has 1 atom stereocenters. The van der Waals surface area contributed by atoms with Crippen molar-refractivity contribution in [1.82, 2.24) is 10.3 Å². The predicted molar refractivity (Wildman–Crippen MR) is 94.1 cm³/mol. The van der Waals surface area contributed by atoms with Crippen LogP contribution in [0.3, 0.4) is 0 Å². The zero-order valence-electron chi connectivity index (χ0n) is 15.1. The molecule has 0 aliphatic rings. The van der Waals surface area contributed by atoms with Crippen LogP contribution in [0.4, 0.5) is 4.79 Å². The van der Waals surface area contributed by atoms with Gasteiger partial charge in [-0.3, -0.25) is 4.79 Å². The number of carbonyl (C=O) groups excluding carboxylic acids is 2. The minimum Gasteiger partial charge on any atom is -0.480 e. The van der Waals surface area contributed by atoms with Crippen molar-refractivity contribution >= 4 is 28.9 Å². The largest absolute Gasteiger partial charge is 0.480 e. The van der Waals surface area contributed by atoms with Crippen molar-refractivity contribution in [2.24, 2.45) is 0 Å². The van der Waals surface area contributed by atoms with Crippen LogP contribution in [0.5, 0.6) is 5.75 Å². The highest BCUT2D eigenvalue weighted by molar-refractivity contribution is 5.92. The highest BCUT2D eigenvalue weighted by Crippen LogP contribution is 2.29. The van der Waals surface area contributed by atoms with E-state index in [1.54, 1.807) is 45.2 Å². The molecule has 1 aromatic heterocycles. The van der Waals surface area contributed by atoms with Gasteiger partial charge in [0, 0.05) is 30.4 Å². The monoisotopic (exact) mass is 362 g/mol. The van der Waals surface area contributed by atoms with Crippen LogP contribution >= 0.6 is 0 Å². The summed E-state index contributed by atoms with van der Waals surface area (Å²) in [5, 5.41) is 12.4. The molecule has 0 spiro atoms. The van der Waals surface area contributed by atoms with Crippen molar-refractivity contribution in [1.29, 1.82) is 0 Å². The van der Waals surface area contributed by atoms with E-state index in [0.29, 0.717) is 22.2 Å². The Morgan fingerprint density at radius 1 is 1.27 bits per heavy atom. The topological polar surface area (TPSA) is 118 Å². The molecular formula is C18H22N2O6. The summed E-state index contributed by atoms with van der Waals surface area (Å²) in [6, 6.07) is 3.92. The molecule has 8 nitrogen and oxygen atoms in total. The maximum absolute atomic E-state index is 11.9. The zero-order valence-corrected chi connectivity index (χ0v) is 15.1. The van der Waals surface area contributed by atoms with Gasteiger partial charge < -0.3 is 24.9 Å². The number of H-pyrrole nitrogens is 1. The van der Waals surface area contributed by atoms with Gasteiger partial charge in [-0.15, -0.1) is 0 Å². The van der Waals surface area contributed by atoms with E-state index in [0.717, 1.165) is 0 Å². The number of aromatic amines is 1. The molecule has 1 heterocycles. The third kappa shape index (κ3) is 4.98. The van der Waals surface area contributed by atoms with Gasteiger partial charge in [-0.2, -0.15) is 0 Å². The van der Waals surface area contributed by atoms with Crippen molar-refractivity contribution in [2.45, 2.75) is 45.8 Å². The summed E-state index contributed by atoms with van der Waals surface area (Å²) >= 11 is 0. The maximum atomic E-state index is 11.9. The SMILES string of the molecule is CC(=O)Oc1cccc2[nH]cc(C[C@H](NC(=O)OC(C)(C)C)C(=O)O)c12. The normalized spacial score (nSPS) is 12.5. The first-order valence-corrected chi connectivity index (χ1v) is 8.06. The number of carboxylic acids is 1. The standard InChI is InChI=1S/C18H22N2O6/c1-10(21)25-14-7-5-6-12-15(14)11(9-19-12)8-13(16(22)23)20-17(24)26-18(2,3)4/h5-7,9,13,19H,8H2,1-4H3,(H,20,24)(H,22,23)/t13-/m0/s1. The number of nitrogens with one attached hydrogen (secondary N) is 2. The predicted octanol–water partition coefficient (Wildman–Crippen LogP) is 2.61. The first-order valence-electron chi connectivity index (χ1n) is 8.06. The summed E-state index contributed by atoms with van der Waals surface area (Å²) in [6.07, 6.45) is 0.807. The Labute approximate surface area is 150 Å². The summed E-state index contributed by atoms with van der Waals surface area (Å²) in [5.41, 5.74) is 0.552. The number of hydrogen-bond donors (Lipinski definition) is 3. The Hall–Kier alpha value is -3.03. The fourth-order valence-corrected chi connectivity index (χ4v) is 2.49. The maximum Gasteiger partial charge on any atom is 0.408 e. The van der Waals surface area contributed by atoms with Gasteiger partial charge in [0.15, 0.2) is 0 Å². The summed E-state index contributed by atoms with van der Waals surface area (Å²) in [5.74, 6) is -1.35. The quantitative estimate of drug-likeness (QED) is 0.556. The molecule has 0 saturated heterocycles. The van der Waals surface area contributed by atoms with Crippen molar-refractivity contribution in [2.75, 3.05) is 0 Å². The van der Waals surface area contributed by atoms with Crippen LogP contribution < -0.4 is 10.1 Å². The van der Waals surface area contributed by atoms with Crippen molar-refractivity contribution in [3.05, 3.63) is 30.0 Å².